The summed E-state index contributed by atoms with van der Waals surface area (Å²) < 4.78 is 4.57. The highest BCUT2D eigenvalue weighted by atomic mass is 16.6. The lowest BCUT2D eigenvalue weighted by atomic mass is 9.85. The van der Waals surface area contributed by atoms with Crippen LogP contribution in [0.4, 0.5) is 4.79 Å². The van der Waals surface area contributed by atoms with Gasteiger partial charge in [0.25, 0.3) is 5.91 Å². The van der Waals surface area contributed by atoms with Gasteiger partial charge in [-0.2, -0.15) is 0 Å². The van der Waals surface area contributed by atoms with E-state index >= 15 is 0 Å². The number of carbonyl (C=O) groups is 2. The van der Waals surface area contributed by atoms with Crippen molar-refractivity contribution in [1.29, 1.82) is 0 Å². The number of nitrogens with two attached hydrogens (primary N) is 1. The van der Waals surface area contributed by atoms with E-state index < -0.39 is 29.6 Å². The Balaban J connectivity index is 4.78. The third kappa shape index (κ3) is 4.16. The van der Waals surface area contributed by atoms with Crippen LogP contribution < -0.4 is 11.1 Å². The second-order valence-corrected chi connectivity index (χ2v) is 4.28. The second-order valence-electron chi connectivity index (χ2n) is 4.28. The molecule has 6 nitrogen and oxygen atoms in total. The summed E-state index contributed by atoms with van der Waals surface area (Å²) in [6, 6.07) is 0. The van der Waals surface area contributed by atoms with Gasteiger partial charge in [-0.25, -0.2) is 4.79 Å². The maximum atomic E-state index is 11.3. The highest BCUT2D eigenvalue weighted by molar-refractivity contribution is 5.83. The first kappa shape index (κ1) is 13.7. The lowest BCUT2D eigenvalue weighted by molar-refractivity contribution is -0.139. The smallest absolute Gasteiger partial charge is 0.405 e. The van der Waals surface area contributed by atoms with Crippen LogP contribution in [0.25, 0.3) is 0 Å². The molecular weight excluding hydrogens is 200 g/mol. The van der Waals surface area contributed by atoms with Crippen molar-refractivity contribution in [2.24, 2.45) is 11.1 Å². The number of aliphatic hydroxyl groups is 1. The summed E-state index contributed by atoms with van der Waals surface area (Å²) >= 11 is 0. The van der Waals surface area contributed by atoms with Crippen LogP contribution in [-0.4, -0.2) is 36.4 Å². The molecular formula is C9H18N2O4. The Morgan fingerprint density at radius 3 is 2.13 bits per heavy atom. The van der Waals surface area contributed by atoms with Crippen molar-refractivity contribution in [3.05, 3.63) is 0 Å². The predicted octanol–water partition coefficient (Wildman–Crippen LogP) is -0.397. The molecule has 0 saturated carbocycles. The minimum absolute atomic E-state index is 0.587. The van der Waals surface area contributed by atoms with Gasteiger partial charge in [-0.15, -0.1) is 0 Å². The second kappa shape index (κ2) is 4.97. The van der Waals surface area contributed by atoms with Crippen molar-refractivity contribution in [2.45, 2.75) is 33.0 Å². The van der Waals surface area contributed by atoms with E-state index in [9.17, 15) is 14.7 Å². The van der Waals surface area contributed by atoms with Crippen LogP contribution in [0.15, 0.2) is 0 Å². The number of likely N-dealkylation sites (N-methyl/N-ethyl adjacent to an activating group) is 1. The van der Waals surface area contributed by atoms with Gasteiger partial charge in [0.2, 0.25) is 6.10 Å². The first-order valence-electron chi connectivity index (χ1n) is 4.56. The number of primary amides is 1. The number of hydrogen-bond acceptors (Lipinski definition) is 4. The van der Waals surface area contributed by atoms with E-state index in [2.05, 4.69) is 10.1 Å². The molecule has 0 aromatic carbocycles. The first-order chi connectivity index (χ1) is 6.70. The Kier molecular flexibility index (Phi) is 4.54. The SMILES string of the molecule is CNC(=O)C(OC(N)=O)[C@H](O)C(C)(C)C. The molecule has 0 spiro atoms. The molecule has 6 heteroatoms. The molecule has 0 aliphatic heterocycles. The normalized spacial score (nSPS) is 15.3. The Hall–Kier alpha value is -1.30. The van der Waals surface area contributed by atoms with Crippen LogP contribution in [0, 0.1) is 5.41 Å². The molecule has 15 heavy (non-hydrogen) atoms. The van der Waals surface area contributed by atoms with Crippen LogP contribution in [0.1, 0.15) is 20.8 Å². The summed E-state index contributed by atoms with van der Waals surface area (Å²) in [7, 11) is 1.38. The average Bonchev–Trinajstić information content (AvgIpc) is 2.10. The van der Waals surface area contributed by atoms with Crippen molar-refractivity contribution < 1.29 is 19.4 Å². The number of amides is 2. The zero-order valence-electron chi connectivity index (χ0n) is 9.40. The Bertz CT molecular complexity index is 247. The quantitative estimate of drug-likeness (QED) is 0.600. The minimum atomic E-state index is -1.28. The highest BCUT2D eigenvalue weighted by Gasteiger charge is 2.37. The number of ether oxygens (including phenoxy) is 1. The van der Waals surface area contributed by atoms with Crippen molar-refractivity contribution in [3.63, 3.8) is 0 Å². The van der Waals surface area contributed by atoms with Gasteiger partial charge in [0.1, 0.15) is 6.10 Å². The Labute approximate surface area is 88.8 Å². The number of carbonyl (C=O) groups excluding carboxylic acids is 2. The van der Waals surface area contributed by atoms with Crippen molar-refractivity contribution in [3.8, 4) is 0 Å². The van der Waals surface area contributed by atoms with Gasteiger partial charge < -0.3 is 20.9 Å². The zero-order valence-corrected chi connectivity index (χ0v) is 9.40. The van der Waals surface area contributed by atoms with E-state index in [0.29, 0.717) is 0 Å². The van der Waals surface area contributed by atoms with E-state index in [0.717, 1.165) is 0 Å². The largest absolute Gasteiger partial charge is 0.433 e. The van der Waals surface area contributed by atoms with Gasteiger partial charge in [-0.3, -0.25) is 4.79 Å². The average molecular weight is 218 g/mol. The molecule has 0 aromatic heterocycles. The fourth-order valence-electron chi connectivity index (χ4n) is 0.983. The van der Waals surface area contributed by atoms with Crippen molar-refractivity contribution in [2.75, 3.05) is 7.05 Å². The molecule has 2 amide bonds. The Morgan fingerprint density at radius 1 is 1.40 bits per heavy atom. The van der Waals surface area contributed by atoms with Crippen molar-refractivity contribution in [1.82, 2.24) is 5.32 Å². The standard InChI is InChI=1S/C9H18N2O4/c1-9(2,3)6(12)5(7(13)11-4)15-8(10)14/h5-6,12H,1-4H3,(H2,10,14)(H,11,13)/t5?,6-/m0/s1. The maximum absolute atomic E-state index is 11.3. The van der Waals surface area contributed by atoms with E-state index in [4.69, 9.17) is 5.73 Å². The molecule has 0 heterocycles. The van der Waals surface area contributed by atoms with Gasteiger partial charge >= 0.3 is 6.09 Å². The molecule has 0 fully saturated rings. The molecule has 0 aliphatic carbocycles. The lowest BCUT2D eigenvalue weighted by Crippen LogP contribution is -2.49. The molecule has 88 valence electrons. The van der Waals surface area contributed by atoms with Crippen LogP contribution in [-0.2, 0) is 9.53 Å². The van der Waals surface area contributed by atoms with Gasteiger partial charge in [0, 0.05) is 7.05 Å². The summed E-state index contributed by atoms with van der Waals surface area (Å²) in [5.74, 6) is -0.587. The van der Waals surface area contributed by atoms with Crippen LogP contribution in [0.5, 0.6) is 0 Å². The van der Waals surface area contributed by atoms with Crippen molar-refractivity contribution >= 4 is 12.0 Å². The molecule has 1 unspecified atom stereocenters. The number of nitrogens with one attached hydrogen (secondary N) is 1. The van der Waals surface area contributed by atoms with Gasteiger partial charge in [-0.1, -0.05) is 20.8 Å². The van der Waals surface area contributed by atoms with E-state index in [1.165, 1.54) is 7.05 Å². The summed E-state index contributed by atoms with van der Waals surface area (Å²) in [5.41, 5.74) is 4.22. The molecule has 0 saturated heterocycles. The van der Waals surface area contributed by atoms with Crippen LogP contribution in [0.2, 0.25) is 0 Å². The summed E-state index contributed by atoms with van der Waals surface area (Å²) in [6.45, 7) is 5.16. The Morgan fingerprint density at radius 2 is 1.87 bits per heavy atom. The fraction of sp³-hybridized carbons (Fsp3) is 0.778. The predicted molar refractivity (Wildman–Crippen MR) is 54.0 cm³/mol. The van der Waals surface area contributed by atoms with E-state index in [1.807, 2.05) is 0 Å². The number of hydrogen-bond donors (Lipinski definition) is 3. The highest BCUT2D eigenvalue weighted by Crippen LogP contribution is 2.23. The molecule has 0 aromatic rings. The van der Waals surface area contributed by atoms with E-state index in [1.54, 1.807) is 20.8 Å². The third-order valence-electron chi connectivity index (χ3n) is 1.92. The topological polar surface area (TPSA) is 102 Å². The molecule has 0 rings (SSSR count). The monoisotopic (exact) mass is 218 g/mol. The molecule has 0 aliphatic rings. The zero-order chi connectivity index (χ0) is 12.2. The molecule has 0 bridgehead atoms. The van der Waals surface area contributed by atoms with Gasteiger partial charge in [0.05, 0.1) is 0 Å². The summed E-state index contributed by atoms with van der Waals surface area (Å²) in [6.07, 6.45) is -3.50. The van der Waals surface area contributed by atoms with Crippen LogP contribution in [0.3, 0.4) is 0 Å². The summed E-state index contributed by atoms with van der Waals surface area (Å²) in [4.78, 5) is 21.9. The minimum Gasteiger partial charge on any atom is -0.433 e. The van der Waals surface area contributed by atoms with Crippen LogP contribution >= 0.6 is 0 Å². The van der Waals surface area contributed by atoms with Gasteiger partial charge in [-0.05, 0) is 5.41 Å². The molecule has 4 N–H and O–H groups in total. The first-order valence-corrected chi connectivity index (χ1v) is 4.56. The number of rotatable bonds is 3. The molecule has 2 atom stereocenters. The van der Waals surface area contributed by atoms with E-state index in [-0.39, 0.29) is 0 Å². The lowest BCUT2D eigenvalue weighted by Gasteiger charge is -2.30. The number of aliphatic hydroxyl groups excluding tert-OH is 1. The fourth-order valence-corrected chi connectivity index (χ4v) is 0.983. The van der Waals surface area contributed by atoms with Gasteiger partial charge in [0.15, 0.2) is 0 Å². The third-order valence-corrected chi connectivity index (χ3v) is 1.92. The maximum Gasteiger partial charge on any atom is 0.405 e. The summed E-state index contributed by atoms with van der Waals surface area (Å²) in [5, 5.41) is 12.1. The molecule has 0 radical (unpaired) electrons.